The number of fused-ring (bicyclic) bond motifs is 1. The topological polar surface area (TPSA) is 69.9 Å². The van der Waals surface area contributed by atoms with Crippen molar-refractivity contribution < 1.29 is 20.1 Å². The SMILES string of the molecule is CCCCCCO[C@@H]1[C@@H](O)[C@H](O)[C@@H](O)[C@H]2C[C@H]21. The van der Waals surface area contributed by atoms with Crippen molar-refractivity contribution in [2.45, 2.75) is 63.4 Å². The molecule has 4 heteroatoms. The van der Waals surface area contributed by atoms with Crippen molar-refractivity contribution in [2.24, 2.45) is 11.8 Å². The zero-order valence-electron chi connectivity index (χ0n) is 10.5. The summed E-state index contributed by atoms with van der Waals surface area (Å²) in [7, 11) is 0. The maximum atomic E-state index is 9.87. The number of hydrogen-bond acceptors (Lipinski definition) is 4. The van der Waals surface area contributed by atoms with Crippen molar-refractivity contribution in [3.63, 3.8) is 0 Å². The summed E-state index contributed by atoms with van der Waals surface area (Å²) >= 11 is 0. The van der Waals surface area contributed by atoms with Crippen molar-refractivity contribution >= 4 is 0 Å². The highest BCUT2D eigenvalue weighted by atomic mass is 16.5. The molecule has 0 heterocycles. The fraction of sp³-hybridized carbons (Fsp3) is 1.00. The van der Waals surface area contributed by atoms with Gasteiger partial charge in [0.05, 0.1) is 12.2 Å². The van der Waals surface area contributed by atoms with Crippen LogP contribution in [-0.2, 0) is 4.74 Å². The third-order valence-corrected chi connectivity index (χ3v) is 4.10. The fourth-order valence-corrected chi connectivity index (χ4v) is 2.88. The van der Waals surface area contributed by atoms with Gasteiger partial charge in [-0.15, -0.1) is 0 Å². The minimum Gasteiger partial charge on any atom is -0.390 e. The van der Waals surface area contributed by atoms with E-state index in [1.165, 1.54) is 12.8 Å². The number of aliphatic hydroxyl groups is 3. The van der Waals surface area contributed by atoms with Crippen molar-refractivity contribution in [2.75, 3.05) is 6.61 Å². The normalized spacial score (nSPS) is 44.5. The molecular weight excluding hydrogens is 220 g/mol. The molecule has 0 bridgehead atoms. The molecule has 2 saturated carbocycles. The zero-order chi connectivity index (χ0) is 12.4. The lowest BCUT2D eigenvalue weighted by molar-refractivity contribution is -0.158. The van der Waals surface area contributed by atoms with E-state index in [4.69, 9.17) is 4.74 Å². The number of unbranched alkanes of at least 4 members (excludes halogenated alkanes) is 3. The first-order chi connectivity index (χ1) is 8.16. The van der Waals surface area contributed by atoms with Crippen LogP contribution < -0.4 is 0 Å². The molecule has 0 unspecified atom stereocenters. The van der Waals surface area contributed by atoms with Crippen LogP contribution in [0.2, 0.25) is 0 Å². The lowest BCUT2D eigenvalue weighted by atomic mass is 9.89. The molecular formula is C13H24O4. The molecule has 2 fully saturated rings. The summed E-state index contributed by atoms with van der Waals surface area (Å²) in [5.74, 6) is 0.378. The van der Waals surface area contributed by atoms with E-state index in [2.05, 4.69) is 6.92 Å². The molecule has 0 amide bonds. The second kappa shape index (κ2) is 5.65. The van der Waals surface area contributed by atoms with E-state index < -0.39 is 18.3 Å². The molecule has 0 saturated heterocycles. The van der Waals surface area contributed by atoms with Crippen LogP contribution in [0.4, 0.5) is 0 Å². The average Bonchev–Trinajstić information content (AvgIpc) is 3.10. The standard InChI is InChI=1S/C13H24O4/c1-2-3-4-5-6-17-13-9-7-8(9)10(14)11(15)12(13)16/h8-16H,2-7H2,1H3/t8-,9+,10-,11+,12-,13-/m0/s1. The second-order valence-electron chi connectivity index (χ2n) is 5.43. The minimum atomic E-state index is -1.04. The van der Waals surface area contributed by atoms with Gasteiger partial charge in [-0.05, 0) is 24.7 Å². The van der Waals surface area contributed by atoms with Crippen molar-refractivity contribution in [1.29, 1.82) is 0 Å². The molecule has 2 rings (SSSR count). The molecule has 0 aromatic heterocycles. The fourth-order valence-electron chi connectivity index (χ4n) is 2.88. The van der Waals surface area contributed by atoms with Crippen LogP contribution in [0, 0.1) is 11.8 Å². The summed E-state index contributed by atoms with van der Waals surface area (Å²) in [4.78, 5) is 0. The van der Waals surface area contributed by atoms with Gasteiger partial charge in [0.25, 0.3) is 0 Å². The number of aliphatic hydroxyl groups excluding tert-OH is 3. The van der Waals surface area contributed by atoms with Gasteiger partial charge in [-0.2, -0.15) is 0 Å². The maximum Gasteiger partial charge on any atom is 0.109 e. The van der Waals surface area contributed by atoms with Gasteiger partial charge >= 0.3 is 0 Å². The largest absolute Gasteiger partial charge is 0.390 e. The predicted molar refractivity (Wildman–Crippen MR) is 63.5 cm³/mol. The van der Waals surface area contributed by atoms with E-state index in [-0.39, 0.29) is 17.9 Å². The highest BCUT2D eigenvalue weighted by molar-refractivity contribution is 5.07. The van der Waals surface area contributed by atoms with Gasteiger partial charge < -0.3 is 20.1 Å². The highest BCUT2D eigenvalue weighted by Gasteiger charge is 2.58. The van der Waals surface area contributed by atoms with Gasteiger partial charge in [-0.25, -0.2) is 0 Å². The van der Waals surface area contributed by atoms with Crippen LogP contribution >= 0.6 is 0 Å². The number of rotatable bonds is 6. The van der Waals surface area contributed by atoms with E-state index in [1.807, 2.05) is 0 Å². The maximum absolute atomic E-state index is 9.87. The van der Waals surface area contributed by atoms with E-state index in [9.17, 15) is 15.3 Å². The Bertz CT molecular complexity index is 246. The molecule has 6 atom stereocenters. The summed E-state index contributed by atoms with van der Waals surface area (Å²) in [6.45, 7) is 2.81. The van der Waals surface area contributed by atoms with Gasteiger partial charge in [0.2, 0.25) is 0 Å². The Balaban J connectivity index is 1.73. The van der Waals surface area contributed by atoms with Crippen molar-refractivity contribution in [3.8, 4) is 0 Å². The third-order valence-electron chi connectivity index (χ3n) is 4.10. The molecule has 2 aliphatic rings. The zero-order valence-corrected chi connectivity index (χ0v) is 10.5. The monoisotopic (exact) mass is 244 g/mol. The molecule has 0 aromatic carbocycles. The predicted octanol–water partition coefficient (Wildman–Crippen LogP) is 0.684. The van der Waals surface area contributed by atoms with Gasteiger partial charge in [0.15, 0.2) is 0 Å². The Morgan fingerprint density at radius 3 is 2.41 bits per heavy atom. The van der Waals surface area contributed by atoms with Crippen LogP contribution in [0.5, 0.6) is 0 Å². The summed E-state index contributed by atoms with van der Waals surface area (Å²) in [5, 5.41) is 29.2. The van der Waals surface area contributed by atoms with Crippen LogP contribution in [-0.4, -0.2) is 46.3 Å². The van der Waals surface area contributed by atoms with Gasteiger partial charge in [0, 0.05) is 6.61 Å². The first-order valence-corrected chi connectivity index (χ1v) is 6.82. The van der Waals surface area contributed by atoms with Crippen LogP contribution in [0.3, 0.4) is 0 Å². The molecule has 3 N–H and O–H groups in total. The first-order valence-electron chi connectivity index (χ1n) is 6.82. The molecule has 0 spiro atoms. The Labute approximate surface area is 103 Å². The summed E-state index contributed by atoms with van der Waals surface area (Å²) in [6.07, 6.45) is 2.42. The van der Waals surface area contributed by atoms with Gasteiger partial charge in [0.1, 0.15) is 12.2 Å². The lowest BCUT2D eigenvalue weighted by Gasteiger charge is -2.34. The van der Waals surface area contributed by atoms with Crippen molar-refractivity contribution in [1.82, 2.24) is 0 Å². The van der Waals surface area contributed by atoms with Gasteiger partial charge in [-0.1, -0.05) is 26.2 Å². The molecule has 0 aromatic rings. The van der Waals surface area contributed by atoms with Crippen LogP contribution in [0.25, 0.3) is 0 Å². The minimum absolute atomic E-state index is 0.133. The highest BCUT2D eigenvalue weighted by Crippen LogP contribution is 2.50. The van der Waals surface area contributed by atoms with E-state index in [0.717, 1.165) is 19.3 Å². The Kier molecular flexibility index (Phi) is 4.42. The summed E-state index contributed by atoms with van der Waals surface area (Å²) in [5.41, 5.74) is 0. The smallest absolute Gasteiger partial charge is 0.109 e. The van der Waals surface area contributed by atoms with Crippen molar-refractivity contribution in [3.05, 3.63) is 0 Å². The third kappa shape index (κ3) is 2.81. The average molecular weight is 244 g/mol. The number of ether oxygens (including phenoxy) is 1. The van der Waals surface area contributed by atoms with Crippen LogP contribution in [0.15, 0.2) is 0 Å². The second-order valence-corrected chi connectivity index (χ2v) is 5.43. The summed E-state index contributed by atoms with van der Waals surface area (Å²) in [6, 6.07) is 0. The Morgan fingerprint density at radius 1 is 0.941 bits per heavy atom. The van der Waals surface area contributed by atoms with E-state index in [1.54, 1.807) is 0 Å². The Morgan fingerprint density at radius 2 is 1.71 bits per heavy atom. The molecule has 0 aliphatic heterocycles. The number of hydrogen-bond donors (Lipinski definition) is 3. The first kappa shape index (κ1) is 13.3. The van der Waals surface area contributed by atoms with Gasteiger partial charge in [-0.3, -0.25) is 0 Å². The Hall–Kier alpha value is -0.160. The summed E-state index contributed by atoms with van der Waals surface area (Å²) < 4.78 is 5.69. The molecule has 17 heavy (non-hydrogen) atoms. The molecule has 2 aliphatic carbocycles. The molecule has 100 valence electrons. The lowest BCUT2D eigenvalue weighted by Crippen LogP contribution is -2.51. The molecule has 4 nitrogen and oxygen atoms in total. The molecule has 0 radical (unpaired) electrons. The van der Waals surface area contributed by atoms with E-state index in [0.29, 0.717) is 6.61 Å². The van der Waals surface area contributed by atoms with Crippen LogP contribution in [0.1, 0.15) is 39.0 Å². The van der Waals surface area contributed by atoms with E-state index >= 15 is 0 Å². The quantitative estimate of drug-likeness (QED) is 0.601.